The Balaban J connectivity index is 1.37. The lowest BCUT2D eigenvalue weighted by Crippen LogP contribution is -2.48. The van der Waals surface area contributed by atoms with Gasteiger partial charge in [0.05, 0.1) is 12.6 Å². The number of nitrogens with one attached hydrogen (secondary N) is 2. The number of hydrogen-bond donors (Lipinski definition) is 3. The number of likely N-dealkylation sites (N-methyl/N-ethyl adjacent to an activating group) is 1. The molecule has 0 radical (unpaired) electrons. The van der Waals surface area contributed by atoms with E-state index in [2.05, 4.69) is 25.5 Å². The maximum Gasteiger partial charge on any atom is 0.407 e. The number of carboxylic acid groups (broad SMARTS) is 1. The normalized spacial score (nSPS) is 16.1. The molecule has 1 unspecified atom stereocenters. The number of anilines is 2. The molecule has 2 aromatic carbocycles. The number of rotatable bonds is 8. The second kappa shape index (κ2) is 12.2. The van der Waals surface area contributed by atoms with Gasteiger partial charge in [0.1, 0.15) is 5.60 Å². The van der Waals surface area contributed by atoms with Crippen molar-refractivity contribution in [1.82, 2.24) is 25.1 Å². The second-order valence-electron chi connectivity index (χ2n) is 10.6. The number of piperazine rings is 1. The number of hydrogen-bond acceptors (Lipinski definition) is 8. The monoisotopic (exact) mass is 532 g/mol. The van der Waals surface area contributed by atoms with Crippen molar-refractivity contribution in [3.05, 3.63) is 72.1 Å². The summed E-state index contributed by atoms with van der Waals surface area (Å²) >= 11 is 0. The van der Waals surface area contributed by atoms with E-state index in [1.165, 1.54) is 4.90 Å². The van der Waals surface area contributed by atoms with Gasteiger partial charge in [-0.05, 0) is 50.6 Å². The van der Waals surface area contributed by atoms with Crippen molar-refractivity contribution >= 4 is 23.7 Å². The molecule has 1 aliphatic heterocycles. The summed E-state index contributed by atoms with van der Waals surface area (Å²) in [6.45, 7) is 7.81. The van der Waals surface area contributed by atoms with Gasteiger partial charge in [-0.1, -0.05) is 42.5 Å². The topological polar surface area (TPSA) is 120 Å². The highest BCUT2D eigenvalue weighted by Crippen LogP contribution is 2.31. The van der Waals surface area contributed by atoms with Crippen LogP contribution >= 0.6 is 0 Å². The number of carbonyl (C=O) groups excluding carboxylic acids is 1. The van der Waals surface area contributed by atoms with Gasteiger partial charge in [-0.25, -0.2) is 14.8 Å². The number of amides is 1. The zero-order valence-corrected chi connectivity index (χ0v) is 22.8. The molecule has 39 heavy (non-hydrogen) atoms. The smallest absolute Gasteiger partial charge is 0.407 e. The van der Waals surface area contributed by atoms with E-state index in [4.69, 9.17) is 4.74 Å². The average molecular weight is 533 g/mol. The molecule has 3 N–H and O–H groups in total. The fraction of sp³-hybridized carbons (Fsp3) is 0.379. The van der Waals surface area contributed by atoms with Gasteiger partial charge in [0.15, 0.2) is 0 Å². The minimum atomic E-state index is -0.900. The first kappa shape index (κ1) is 28.0. The van der Waals surface area contributed by atoms with E-state index in [1.807, 2.05) is 76.3 Å². The third-order valence-electron chi connectivity index (χ3n) is 6.44. The van der Waals surface area contributed by atoms with E-state index in [-0.39, 0.29) is 18.6 Å². The average Bonchev–Trinajstić information content (AvgIpc) is 2.89. The Bertz CT molecular complexity index is 1270. The largest absolute Gasteiger partial charge is 0.465 e. The highest BCUT2D eigenvalue weighted by Gasteiger charge is 2.29. The molecular formula is C29H36N6O4. The van der Waals surface area contributed by atoms with Crippen molar-refractivity contribution in [2.45, 2.75) is 39.0 Å². The molecule has 2 heterocycles. The van der Waals surface area contributed by atoms with Crippen LogP contribution in [0.25, 0.3) is 11.1 Å². The van der Waals surface area contributed by atoms with Crippen LogP contribution in [0, 0.1) is 0 Å². The van der Waals surface area contributed by atoms with Crippen LogP contribution in [0.2, 0.25) is 0 Å². The highest BCUT2D eigenvalue weighted by molar-refractivity contribution is 5.72. The summed E-state index contributed by atoms with van der Waals surface area (Å²) in [6, 6.07) is 15.8. The number of esters is 1. The lowest BCUT2D eigenvalue weighted by molar-refractivity contribution is -0.153. The predicted octanol–water partition coefficient (Wildman–Crippen LogP) is 4.29. The molecule has 1 atom stereocenters. The Morgan fingerprint density at radius 1 is 1.03 bits per heavy atom. The Labute approximate surface area is 229 Å². The number of nitrogens with zero attached hydrogens (tertiary/aromatic N) is 4. The van der Waals surface area contributed by atoms with Gasteiger partial charge in [0, 0.05) is 49.8 Å². The minimum absolute atomic E-state index is 0.0741. The van der Waals surface area contributed by atoms with Crippen molar-refractivity contribution in [3.8, 4) is 11.1 Å². The molecule has 1 aliphatic rings. The molecule has 0 saturated carbocycles. The molecule has 4 rings (SSSR count). The van der Waals surface area contributed by atoms with Crippen LogP contribution in [0.5, 0.6) is 0 Å². The van der Waals surface area contributed by atoms with Crippen LogP contribution in [0.3, 0.4) is 0 Å². The van der Waals surface area contributed by atoms with Gasteiger partial charge in [-0.3, -0.25) is 9.69 Å². The van der Waals surface area contributed by atoms with E-state index in [0.717, 1.165) is 27.9 Å². The van der Waals surface area contributed by atoms with E-state index >= 15 is 0 Å². The Hall–Kier alpha value is -4.02. The molecule has 0 aliphatic carbocycles. The summed E-state index contributed by atoms with van der Waals surface area (Å²) in [4.78, 5) is 36.0. The predicted molar refractivity (Wildman–Crippen MR) is 150 cm³/mol. The lowest BCUT2D eigenvalue weighted by atomic mass is 10.0. The minimum Gasteiger partial charge on any atom is -0.465 e. The quantitative estimate of drug-likeness (QED) is 0.365. The van der Waals surface area contributed by atoms with Crippen LogP contribution in [0.1, 0.15) is 37.9 Å². The van der Waals surface area contributed by atoms with Crippen molar-refractivity contribution < 1.29 is 19.4 Å². The van der Waals surface area contributed by atoms with Crippen LogP contribution in [-0.2, 0) is 16.1 Å². The number of carbonyl (C=O) groups is 2. The van der Waals surface area contributed by atoms with Crippen molar-refractivity contribution in [2.24, 2.45) is 0 Å². The Morgan fingerprint density at radius 3 is 2.38 bits per heavy atom. The molecule has 206 valence electrons. The van der Waals surface area contributed by atoms with Gasteiger partial charge in [0.25, 0.3) is 0 Å². The molecule has 1 aromatic heterocycles. The number of benzene rings is 2. The first-order valence-electron chi connectivity index (χ1n) is 13.0. The highest BCUT2D eigenvalue weighted by atomic mass is 16.6. The molecule has 10 nitrogen and oxygen atoms in total. The van der Waals surface area contributed by atoms with Crippen LogP contribution < -0.4 is 10.6 Å². The maximum atomic E-state index is 11.9. The van der Waals surface area contributed by atoms with Crippen LogP contribution in [-0.4, -0.2) is 75.8 Å². The standard InChI is InChI=1S/C29H36N6O4/c1-29(2,3)39-26(36)18-30-15-20-9-11-21(12-10-20)22-16-31-27(32-17-22)33-24-8-6-5-7-23(24)25-19-35(28(37)38)14-13-34(25)4/h5-12,16-17,25,30H,13-15,18-19H2,1-4H3,(H,37,38)(H,31,32,33). The number of para-hydroxylation sites is 1. The number of ether oxygens (including phenoxy) is 1. The van der Waals surface area contributed by atoms with Gasteiger partial charge in [-0.2, -0.15) is 0 Å². The molecular weight excluding hydrogens is 496 g/mol. The summed E-state index contributed by atoms with van der Waals surface area (Å²) in [5.41, 5.74) is 4.26. The SMILES string of the molecule is CN1CCN(C(=O)O)CC1c1ccccc1Nc1ncc(-c2ccc(CNCC(=O)OC(C)(C)C)cc2)cn1. The van der Waals surface area contributed by atoms with E-state index in [1.54, 1.807) is 12.4 Å². The van der Waals surface area contributed by atoms with Crippen molar-refractivity contribution in [2.75, 3.05) is 38.5 Å². The maximum absolute atomic E-state index is 11.9. The number of aromatic nitrogens is 2. The summed E-state index contributed by atoms with van der Waals surface area (Å²) in [6.07, 6.45) is 2.64. The summed E-state index contributed by atoms with van der Waals surface area (Å²) < 4.78 is 5.31. The van der Waals surface area contributed by atoms with Gasteiger partial charge < -0.3 is 25.4 Å². The van der Waals surface area contributed by atoms with E-state index in [9.17, 15) is 14.7 Å². The lowest BCUT2D eigenvalue weighted by Gasteiger charge is -2.39. The van der Waals surface area contributed by atoms with E-state index < -0.39 is 11.7 Å². The summed E-state index contributed by atoms with van der Waals surface area (Å²) in [7, 11) is 2.01. The molecule has 3 aromatic rings. The third kappa shape index (κ3) is 7.75. The third-order valence-corrected chi connectivity index (χ3v) is 6.44. The first-order chi connectivity index (χ1) is 18.6. The van der Waals surface area contributed by atoms with Crippen molar-refractivity contribution in [3.63, 3.8) is 0 Å². The fourth-order valence-electron chi connectivity index (χ4n) is 4.45. The first-order valence-corrected chi connectivity index (χ1v) is 13.0. The van der Waals surface area contributed by atoms with Crippen molar-refractivity contribution in [1.29, 1.82) is 0 Å². The van der Waals surface area contributed by atoms with Gasteiger partial charge in [0.2, 0.25) is 5.95 Å². The molecule has 1 saturated heterocycles. The Kier molecular flexibility index (Phi) is 8.78. The fourth-order valence-corrected chi connectivity index (χ4v) is 4.45. The Morgan fingerprint density at radius 2 is 1.72 bits per heavy atom. The zero-order chi connectivity index (χ0) is 28.0. The van der Waals surface area contributed by atoms with Gasteiger partial charge in [-0.15, -0.1) is 0 Å². The zero-order valence-electron chi connectivity index (χ0n) is 22.8. The molecule has 0 spiro atoms. The molecule has 1 fully saturated rings. The second-order valence-corrected chi connectivity index (χ2v) is 10.6. The van der Waals surface area contributed by atoms with Gasteiger partial charge >= 0.3 is 12.1 Å². The van der Waals surface area contributed by atoms with E-state index in [0.29, 0.717) is 32.1 Å². The molecule has 1 amide bonds. The molecule has 10 heteroatoms. The molecule has 0 bridgehead atoms. The summed E-state index contributed by atoms with van der Waals surface area (Å²) in [5.74, 6) is 0.184. The summed E-state index contributed by atoms with van der Waals surface area (Å²) in [5, 5.41) is 15.9. The van der Waals surface area contributed by atoms with Crippen LogP contribution in [0.15, 0.2) is 60.9 Å². The van der Waals surface area contributed by atoms with Crippen LogP contribution in [0.4, 0.5) is 16.4 Å².